The van der Waals surface area contributed by atoms with E-state index >= 15 is 0 Å². The maximum absolute atomic E-state index is 14.0. The SMILES string of the molecule is CSc1cccc(SC)c1OCC(=O)[C@@H](C(N)c1ccccc1)[C@@H](O)C[C@H](C(=O)CC(C)CN1CCNC1=O)C(N)c1ccccc1. The molecule has 0 spiro atoms. The number of amides is 2. The summed E-state index contributed by atoms with van der Waals surface area (Å²) in [6, 6.07) is 22.6. The molecule has 4 rings (SSSR count). The Morgan fingerprint density at radius 1 is 0.894 bits per heavy atom. The number of aliphatic hydroxyl groups is 1. The zero-order valence-corrected chi connectivity index (χ0v) is 28.8. The van der Waals surface area contributed by atoms with E-state index in [-0.39, 0.29) is 43.0 Å². The third-order valence-corrected chi connectivity index (χ3v) is 10.2. The van der Waals surface area contributed by atoms with Crippen LogP contribution < -0.4 is 21.5 Å². The van der Waals surface area contributed by atoms with Gasteiger partial charge in [-0.3, -0.25) is 9.59 Å². The lowest BCUT2D eigenvalue weighted by Crippen LogP contribution is -2.43. The zero-order chi connectivity index (χ0) is 33.9. The minimum atomic E-state index is -1.29. The number of nitrogens with two attached hydrogens (primary N) is 2. The summed E-state index contributed by atoms with van der Waals surface area (Å²) in [5.74, 6) is -1.90. The summed E-state index contributed by atoms with van der Waals surface area (Å²) >= 11 is 3.04. The van der Waals surface area contributed by atoms with Crippen molar-refractivity contribution < 1.29 is 24.2 Å². The molecule has 2 amide bonds. The number of aliphatic hydroxyl groups excluding tert-OH is 1. The van der Waals surface area contributed by atoms with Crippen LogP contribution in [0.5, 0.6) is 5.75 Å². The Hall–Kier alpha value is -3.35. The van der Waals surface area contributed by atoms with Gasteiger partial charge in [0, 0.05) is 44.1 Å². The summed E-state index contributed by atoms with van der Waals surface area (Å²) in [7, 11) is 0. The van der Waals surface area contributed by atoms with E-state index in [9.17, 15) is 19.5 Å². The predicted molar refractivity (Wildman–Crippen MR) is 189 cm³/mol. The van der Waals surface area contributed by atoms with Crippen molar-refractivity contribution in [1.82, 2.24) is 10.2 Å². The average molecular weight is 679 g/mol. The van der Waals surface area contributed by atoms with Crippen molar-refractivity contribution >= 4 is 41.1 Å². The predicted octanol–water partition coefficient (Wildman–Crippen LogP) is 5.08. The second-order valence-electron chi connectivity index (χ2n) is 12.0. The van der Waals surface area contributed by atoms with Crippen LogP contribution in [0.3, 0.4) is 0 Å². The number of rotatable bonds is 18. The van der Waals surface area contributed by atoms with Crippen molar-refractivity contribution in [2.45, 2.75) is 47.7 Å². The Balaban J connectivity index is 1.60. The van der Waals surface area contributed by atoms with Crippen LogP contribution in [0.4, 0.5) is 4.79 Å². The lowest BCUT2D eigenvalue weighted by molar-refractivity contribution is -0.132. The summed E-state index contributed by atoms with van der Waals surface area (Å²) in [6.45, 7) is 3.23. The fourth-order valence-electron chi connectivity index (χ4n) is 6.15. The number of ether oxygens (including phenoxy) is 1. The molecule has 1 heterocycles. The van der Waals surface area contributed by atoms with Gasteiger partial charge in [-0.25, -0.2) is 4.79 Å². The molecule has 1 saturated heterocycles. The van der Waals surface area contributed by atoms with Crippen LogP contribution in [0.2, 0.25) is 0 Å². The minimum absolute atomic E-state index is 0.0692. The Bertz CT molecular complexity index is 1460. The van der Waals surface area contributed by atoms with Crippen LogP contribution in [0.25, 0.3) is 0 Å². The highest BCUT2D eigenvalue weighted by atomic mass is 32.2. The molecule has 0 bridgehead atoms. The molecular weight excluding hydrogens is 633 g/mol. The molecule has 1 aliphatic heterocycles. The van der Waals surface area contributed by atoms with E-state index < -0.39 is 30.0 Å². The second kappa shape index (κ2) is 17.7. The summed E-state index contributed by atoms with van der Waals surface area (Å²) in [5, 5.41) is 14.7. The molecule has 9 nitrogen and oxygen atoms in total. The number of para-hydroxylation sites is 1. The molecule has 1 fully saturated rings. The second-order valence-corrected chi connectivity index (χ2v) is 13.7. The molecule has 0 aromatic heterocycles. The summed E-state index contributed by atoms with van der Waals surface area (Å²) in [6.07, 6.45) is 2.69. The van der Waals surface area contributed by atoms with Crippen LogP contribution in [-0.2, 0) is 9.59 Å². The Morgan fingerprint density at radius 2 is 1.47 bits per heavy atom. The maximum Gasteiger partial charge on any atom is 0.317 e. The normalized spacial score (nSPS) is 16.9. The third kappa shape index (κ3) is 9.61. The van der Waals surface area contributed by atoms with Crippen LogP contribution in [0, 0.1) is 17.8 Å². The average Bonchev–Trinajstić information content (AvgIpc) is 3.49. The van der Waals surface area contributed by atoms with Gasteiger partial charge in [-0.1, -0.05) is 73.7 Å². The number of thioether (sulfide) groups is 2. The van der Waals surface area contributed by atoms with E-state index in [0.717, 1.165) is 15.4 Å². The lowest BCUT2D eigenvalue weighted by atomic mass is 9.77. The molecule has 6 atom stereocenters. The Kier molecular flexibility index (Phi) is 13.7. The number of carbonyl (C=O) groups is 3. The molecule has 47 heavy (non-hydrogen) atoms. The number of benzene rings is 3. The number of urea groups is 1. The molecule has 0 saturated carbocycles. The van der Waals surface area contributed by atoms with Gasteiger partial charge < -0.3 is 31.5 Å². The van der Waals surface area contributed by atoms with E-state index in [0.29, 0.717) is 30.9 Å². The highest BCUT2D eigenvalue weighted by molar-refractivity contribution is 7.99. The fourth-order valence-corrected chi connectivity index (χ4v) is 7.35. The van der Waals surface area contributed by atoms with Crippen molar-refractivity contribution in [1.29, 1.82) is 0 Å². The van der Waals surface area contributed by atoms with E-state index in [1.165, 1.54) is 23.5 Å². The van der Waals surface area contributed by atoms with Gasteiger partial charge in [0.15, 0.2) is 5.78 Å². The Morgan fingerprint density at radius 3 is 2.00 bits per heavy atom. The molecule has 0 aliphatic carbocycles. The first kappa shape index (κ1) is 36.5. The monoisotopic (exact) mass is 678 g/mol. The largest absolute Gasteiger partial charge is 0.483 e. The van der Waals surface area contributed by atoms with Crippen LogP contribution in [0.15, 0.2) is 88.7 Å². The number of Topliss-reactive ketones (excluding diaryl/α,β-unsaturated/α-hetero) is 2. The third-order valence-electron chi connectivity index (χ3n) is 8.65. The van der Waals surface area contributed by atoms with E-state index in [1.54, 1.807) is 4.90 Å². The first-order valence-corrected chi connectivity index (χ1v) is 18.3. The van der Waals surface area contributed by atoms with Crippen molar-refractivity contribution in [2.24, 2.45) is 29.2 Å². The first-order chi connectivity index (χ1) is 22.6. The molecule has 252 valence electrons. The van der Waals surface area contributed by atoms with E-state index in [2.05, 4.69) is 5.32 Å². The van der Waals surface area contributed by atoms with Gasteiger partial charge in [0.1, 0.15) is 18.1 Å². The highest BCUT2D eigenvalue weighted by Gasteiger charge is 2.39. The fraction of sp³-hybridized carbons (Fsp3) is 0.417. The quantitative estimate of drug-likeness (QED) is 0.135. The molecule has 3 unspecified atom stereocenters. The Labute approximate surface area is 286 Å². The van der Waals surface area contributed by atoms with Crippen molar-refractivity contribution in [3.8, 4) is 5.75 Å². The van der Waals surface area contributed by atoms with E-state index in [1.807, 2.05) is 98.3 Å². The summed E-state index contributed by atoms with van der Waals surface area (Å²) in [4.78, 5) is 43.6. The van der Waals surface area contributed by atoms with Gasteiger partial charge in [0.25, 0.3) is 0 Å². The van der Waals surface area contributed by atoms with E-state index in [4.69, 9.17) is 16.2 Å². The van der Waals surface area contributed by atoms with Gasteiger partial charge >= 0.3 is 6.03 Å². The summed E-state index contributed by atoms with van der Waals surface area (Å²) < 4.78 is 6.14. The number of hydrogen-bond donors (Lipinski definition) is 4. The number of ketones is 2. The first-order valence-electron chi connectivity index (χ1n) is 15.9. The topological polar surface area (TPSA) is 148 Å². The van der Waals surface area contributed by atoms with Gasteiger partial charge in [-0.05, 0) is 48.1 Å². The van der Waals surface area contributed by atoms with Crippen molar-refractivity contribution in [3.63, 3.8) is 0 Å². The number of carbonyl (C=O) groups excluding carboxylic acids is 3. The van der Waals surface area contributed by atoms with Crippen molar-refractivity contribution in [2.75, 3.05) is 38.8 Å². The number of nitrogens with zero attached hydrogens (tertiary/aromatic N) is 1. The number of nitrogens with one attached hydrogen (secondary N) is 1. The summed E-state index contributed by atoms with van der Waals surface area (Å²) in [5.41, 5.74) is 14.9. The minimum Gasteiger partial charge on any atom is -0.483 e. The van der Waals surface area contributed by atoms with Crippen LogP contribution in [0.1, 0.15) is 43.0 Å². The maximum atomic E-state index is 14.0. The molecule has 3 aromatic rings. The molecule has 0 radical (unpaired) electrons. The highest BCUT2D eigenvalue weighted by Crippen LogP contribution is 2.37. The molecular formula is C36H46N4O5S2. The lowest BCUT2D eigenvalue weighted by Gasteiger charge is -2.32. The van der Waals surface area contributed by atoms with Gasteiger partial charge in [-0.15, -0.1) is 23.5 Å². The van der Waals surface area contributed by atoms with Gasteiger partial charge in [0.05, 0.1) is 21.8 Å². The molecule has 11 heteroatoms. The number of hydrogen-bond acceptors (Lipinski definition) is 9. The standard InChI is InChI=1S/C36H46N4O5S2/c1-23(21-40-18-17-39-36(40)44)19-27(41)26(33(37)24-11-6-4-7-12-24)20-28(42)32(34(38)25-13-8-5-9-14-25)29(43)22-45-35-30(46-2)15-10-16-31(35)47-3/h4-16,23,26,28,32-34,42H,17-22,37-38H2,1-3H3,(H,39,44)/t23?,26-,28+,32+,33?,34?/m1/s1. The van der Waals surface area contributed by atoms with Crippen LogP contribution in [-0.4, -0.2) is 72.5 Å². The molecule has 6 N–H and O–H groups in total. The molecule has 3 aromatic carbocycles. The van der Waals surface area contributed by atoms with Gasteiger partial charge in [0.2, 0.25) is 0 Å². The van der Waals surface area contributed by atoms with Gasteiger partial charge in [-0.2, -0.15) is 0 Å². The smallest absolute Gasteiger partial charge is 0.317 e. The van der Waals surface area contributed by atoms with Crippen LogP contribution >= 0.6 is 23.5 Å². The van der Waals surface area contributed by atoms with Crippen molar-refractivity contribution in [3.05, 3.63) is 90.0 Å². The molecule has 1 aliphatic rings. The zero-order valence-electron chi connectivity index (χ0n) is 27.2.